The minimum Gasteiger partial charge on any atom is -0.366 e. The van der Waals surface area contributed by atoms with E-state index in [-0.39, 0.29) is 0 Å². The molecule has 0 fully saturated rings. The van der Waals surface area contributed by atoms with Crippen LogP contribution in [-0.2, 0) is 0 Å². The van der Waals surface area contributed by atoms with Gasteiger partial charge in [-0.2, -0.15) is 0 Å². The Kier molecular flexibility index (Phi) is 1.95. The van der Waals surface area contributed by atoms with Crippen molar-refractivity contribution in [2.45, 2.75) is 19.6 Å². The van der Waals surface area contributed by atoms with E-state index in [1.54, 1.807) is 6.07 Å². The molecule has 0 aromatic carbocycles. The van der Waals surface area contributed by atoms with Crippen LogP contribution in [0, 0.1) is 0 Å². The molecular weight excluding hydrogens is 158 g/mol. The van der Waals surface area contributed by atoms with Gasteiger partial charge in [0.25, 0.3) is 0 Å². The van der Waals surface area contributed by atoms with E-state index >= 15 is 0 Å². The molecule has 1 aromatic heterocycles. The van der Waals surface area contributed by atoms with Crippen molar-refractivity contribution in [3.63, 3.8) is 0 Å². The first-order valence-electron chi connectivity index (χ1n) is 3.46. The average molecular weight is 169 g/mol. The molecule has 0 aliphatic carbocycles. The lowest BCUT2D eigenvalue weighted by atomic mass is 10.5. The van der Waals surface area contributed by atoms with Crippen LogP contribution in [0.2, 0.25) is 19.6 Å². The predicted molar refractivity (Wildman–Crippen MR) is 44.9 cm³/mol. The SMILES string of the molecule is C[Si](C)(C)c1cc(C=O)no1. The summed E-state index contributed by atoms with van der Waals surface area (Å²) in [6, 6.07) is 1.72. The Labute approximate surface area is 66.4 Å². The molecule has 0 unspecified atom stereocenters. The Bertz CT molecular complexity index is 262. The lowest BCUT2D eigenvalue weighted by Gasteiger charge is -2.08. The van der Waals surface area contributed by atoms with Gasteiger partial charge in [-0.25, -0.2) is 0 Å². The van der Waals surface area contributed by atoms with E-state index in [4.69, 9.17) is 4.52 Å². The average Bonchev–Trinajstić information content (AvgIpc) is 2.32. The number of carbonyl (C=O) groups is 1. The molecule has 0 aliphatic heterocycles. The molecule has 0 spiro atoms. The summed E-state index contributed by atoms with van der Waals surface area (Å²) in [5.74, 6) is 0. The molecular formula is C7H11NO2Si. The highest BCUT2D eigenvalue weighted by Gasteiger charge is 2.21. The molecule has 0 amide bonds. The summed E-state index contributed by atoms with van der Waals surface area (Å²) in [5, 5.41) is 4.47. The topological polar surface area (TPSA) is 43.1 Å². The van der Waals surface area contributed by atoms with Gasteiger partial charge in [-0.1, -0.05) is 24.8 Å². The normalized spacial score (nSPS) is 11.5. The molecule has 1 heterocycles. The number of hydrogen-bond acceptors (Lipinski definition) is 3. The van der Waals surface area contributed by atoms with Gasteiger partial charge >= 0.3 is 0 Å². The molecule has 0 N–H and O–H groups in total. The van der Waals surface area contributed by atoms with Crippen molar-refractivity contribution in [2.24, 2.45) is 0 Å². The van der Waals surface area contributed by atoms with Gasteiger partial charge in [0.05, 0.1) is 0 Å². The number of aromatic nitrogens is 1. The number of hydrogen-bond donors (Lipinski definition) is 0. The van der Waals surface area contributed by atoms with Crippen LogP contribution >= 0.6 is 0 Å². The van der Waals surface area contributed by atoms with E-state index in [1.165, 1.54) is 0 Å². The predicted octanol–water partition coefficient (Wildman–Crippen LogP) is 1.03. The van der Waals surface area contributed by atoms with Crippen molar-refractivity contribution in [2.75, 3.05) is 0 Å². The van der Waals surface area contributed by atoms with E-state index < -0.39 is 8.07 Å². The Hall–Kier alpha value is -0.903. The Morgan fingerprint density at radius 1 is 1.55 bits per heavy atom. The second kappa shape index (κ2) is 2.62. The molecule has 0 saturated heterocycles. The highest BCUT2D eigenvalue weighted by molar-refractivity contribution is 6.87. The van der Waals surface area contributed by atoms with Crippen molar-refractivity contribution < 1.29 is 9.32 Å². The molecule has 3 nitrogen and oxygen atoms in total. The van der Waals surface area contributed by atoms with Crippen molar-refractivity contribution in [3.05, 3.63) is 11.8 Å². The maximum Gasteiger partial charge on any atom is 0.171 e. The molecule has 1 rings (SSSR count). The van der Waals surface area contributed by atoms with E-state index in [9.17, 15) is 4.79 Å². The van der Waals surface area contributed by atoms with Gasteiger partial charge in [-0.15, -0.1) is 0 Å². The van der Waals surface area contributed by atoms with Crippen LogP contribution in [-0.4, -0.2) is 19.5 Å². The molecule has 4 heteroatoms. The molecule has 0 saturated carbocycles. The standard InChI is InChI=1S/C7H11NO2Si/c1-11(2,3)7-4-6(5-9)8-10-7/h4-5H,1-3H3. The zero-order valence-electron chi connectivity index (χ0n) is 6.92. The van der Waals surface area contributed by atoms with Crippen LogP contribution in [0.15, 0.2) is 10.6 Å². The molecule has 1 aromatic rings. The lowest BCUT2D eigenvalue weighted by Crippen LogP contribution is -2.36. The lowest BCUT2D eigenvalue weighted by molar-refractivity contribution is 0.111. The van der Waals surface area contributed by atoms with Gasteiger partial charge in [-0.3, -0.25) is 4.79 Å². The van der Waals surface area contributed by atoms with Crippen LogP contribution in [0.3, 0.4) is 0 Å². The van der Waals surface area contributed by atoms with Gasteiger partial charge in [0.1, 0.15) is 19.2 Å². The van der Waals surface area contributed by atoms with Crippen molar-refractivity contribution >= 4 is 19.7 Å². The second-order valence-corrected chi connectivity index (χ2v) is 8.48. The van der Waals surface area contributed by atoms with E-state index in [0.29, 0.717) is 12.0 Å². The zero-order chi connectivity index (χ0) is 8.48. The smallest absolute Gasteiger partial charge is 0.171 e. The quantitative estimate of drug-likeness (QED) is 0.490. The summed E-state index contributed by atoms with van der Waals surface area (Å²) in [5.41, 5.74) is 0.391. The largest absolute Gasteiger partial charge is 0.366 e. The Balaban J connectivity index is 2.98. The van der Waals surface area contributed by atoms with Crippen LogP contribution < -0.4 is 5.38 Å². The molecule has 0 aliphatic rings. The number of aldehydes is 1. The molecule has 11 heavy (non-hydrogen) atoms. The maximum absolute atomic E-state index is 10.2. The highest BCUT2D eigenvalue weighted by atomic mass is 28.3. The molecule has 0 radical (unpaired) electrons. The second-order valence-electron chi connectivity index (χ2n) is 3.48. The summed E-state index contributed by atoms with van der Waals surface area (Å²) in [6.45, 7) is 6.42. The van der Waals surface area contributed by atoms with Gasteiger partial charge in [-0.05, 0) is 0 Å². The van der Waals surface area contributed by atoms with Crippen molar-refractivity contribution in [3.8, 4) is 0 Å². The third-order valence-electron chi connectivity index (χ3n) is 1.39. The van der Waals surface area contributed by atoms with Crippen LogP contribution in [0.1, 0.15) is 10.5 Å². The fourth-order valence-electron chi connectivity index (χ4n) is 0.698. The van der Waals surface area contributed by atoms with Crippen LogP contribution in [0.4, 0.5) is 0 Å². The highest BCUT2D eigenvalue weighted by Crippen LogP contribution is 2.02. The van der Waals surface area contributed by atoms with E-state index in [0.717, 1.165) is 5.38 Å². The third kappa shape index (κ3) is 1.77. The zero-order valence-corrected chi connectivity index (χ0v) is 7.92. The van der Waals surface area contributed by atoms with Gasteiger partial charge in [0.15, 0.2) is 6.29 Å². The number of nitrogens with zero attached hydrogens (tertiary/aromatic N) is 1. The van der Waals surface area contributed by atoms with Crippen LogP contribution in [0.25, 0.3) is 0 Å². The minimum absolute atomic E-state index is 0.391. The van der Waals surface area contributed by atoms with Crippen molar-refractivity contribution in [1.82, 2.24) is 5.16 Å². The summed E-state index contributed by atoms with van der Waals surface area (Å²) < 4.78 is 5.00. The monoisotopic (exact) mass is 169 g/mol. The fraction of sp³-hybridized carbons (Fsp3) is 0.429. The molecule has 60 valence electrons. The fourth-order valence-corrected chi connectivity index (χ4v) is 1.60. The van der Waals surface area contributed by atoms with Crippen LogP contribution in [0.5, 0.6) is 0 Å². The number of rotatable bonds is 2. The first kappa shape index (κ1) is 8.20. The molecule has 0 atom stereocenters. The molecule has 0 bridgehead atoms. The van der Waals surface area contributed by atoms with Gasteiger partial charge in [0.2, 0.25) is 0 Å². The van der Waals surface area contributed by atoms with Gasteiger partial charge in [0, 0.05) is 6.07 Å². The van der Waals surface area contributed by atoms with E-state index in [2.05, 4.69) is 24.8 Å². The summed E-state index contributed by atoms with van der Waals surface area (Å²) in [6.07, 6.45) is 0.702. The van der Waals surface area contributed by atoms with E-state index in [1.807, 2.05) is 0 Å². The first-order valence-corrected chi connectivity index (χ1v) is 6.96. The summed E-state index contributed by atoms with van der Waals surface area (Å²) >= 11 is 0. The third-order valence-corrected chi connectivity index (χ3v) is 3.10. The Morgan fingerprint density at radius 2 is 2.18 bits per heavy atom. The summed E-state index contributed by atoms with van der Waals surface area (Å²) in [4.78, 5) is 10.2. The number of carbonyl (C=O) groups excluding carboxylic acids is 1. The van der Waals surface area contributed by atoms with Gasteiger partial charge < -0.3 is 4.52 Å². The minimum atomic E-state index is -1.42. The first-order chi connectivity index (χ1) is 5.04. The van der Waals surface area contributed by atoms with Crippen molar-refractivity contribution in [1.29, 1.82) is 0 Å². The Morgan fingerprint density at radius 3 is 2.45 bits per heavy atom. The summed E-state index contributed by atoms with van der Waals surface area (Å²) in [7, 11) is -1.42. The maximum atomic E-state index is 10.2.